The van der Waals surface area contributed by atoms with Crippen molar-refractivity contribution < 1.29 is 13.2 Å². The molecule has 4 heteroatoms. The van der Waals surface area contributed by atoms with Gasteiger partial charge in [0, 0.05) is 23.6 Å². The maximum Gasteiger partial charge on any atom is 0.133 e. The Balaban J connectivity index is 2.42. The van der Waals surface area contributed by atoms with Gasteiger partial charge in [-0.3, -0.25) is 0 Å². The van der Waals surface area contributed by atoms with E-state index in [0.717, 1.165) is 5.56 Å². The van der Waals surface area contributed by atoms with E-state index in [1.807, 2.05) is 37.3 Å². The van der Waals surface area contributed by atoms with E-state index in [-0.39, 0.29) is 11.5 Å². The minimum atomic E-state index is -0.906. The molecule has 2 unspecified atom stereocenters. The van der Waals surface area contributed by atoms with Gasteiger partial charge in [0.15, 0.2) is 0 Å². The van der Waals surface area contributed by atoms with Gasteiger partial charge in [0.2, 0.25) is 0 Å². The molecule has 2 atom stereocenters. The van der Waals surface area contributed by atoms with Crippen molar-refractivity contribution in [3.05, 3.63) is 71.0 Å². The van der Waals surface area contributed by atoms with Crippen molar-refractivity contribution in [2.75, 3.05) is 0 Å². The van der Waals surface area contributed by atoms with Crippen LogP contribution in [-0.4, -0.2) is 0 Å². The van der Waals surface area contributed by atoms with E-state index in [9.17, 15) is 13.2 Å². The number of rotatable bonds is 4. The fraction of sp³-hybridized carbons (Fsp3) is 0.250. The Morgan fingerprint density at radius 2 is 1.55 bits per heavy atom. The molecule has 106 valence electrons. The number of alkyl halides is 1. The van der Waals surface area contributed by atoms with Gasteiger partial charge in [-0.1, -0.05) is 53.2 Å². The standard InChI is InChI=1S/C16H14BrF3/c1-2-12(10-6-4-3-5-7-10)16(17)15-13(19)8-11(18)9-14(15)20/h3-9,12,16H,2H2,1H3. The van der Waals surface area contributed by atoms with Crippen molar-refractivity contribution in [2.45, 2.75) is 24.1 Å². The number of hydrogen-bond donors (Lipinski definition) is 0. The molecule has 2 rings (SSSR count). The molecule has 0 N–H and O–H groups in total. The van der Waals surface area contributed by atoms with Crippen LogP contribution >= 0.6 is 15.9 Å². The second kappa shape index (κ2) is 6.44. The lowest BCUT2D eigenvalue weighted by Crippen LogP contribution is -2.09. The molecule has 2 aromatic carbocycles. The third-order valence-corrected chi connectivity index (χ3v) is 4.44. The molecule has 0 aliphatic heterocycles. The first-order chi connectivity index (χ1) is 9.54. The second-order valence-electron chi connectivity index (χ2n) is 4.61. The Morgan fingerprint density at radius 3 is 2.05 bits per heavy atom. The van der Waals surface area contributed by atoms with Crippen LogP contribution in [0.25, 0.3) is 0 Å². The number of halogens is 4. The molecule has 0 spiro atoms. The van der Waals surface area contributed by atoms with E-state index in [0.29, 0.717) is 18.6 Å². The molecule has 0 saturated heterocycles. The van der Waals surface area contributed by atoms with E-state index in [2.05, 4.69) is 15.9 Å². The van der Waals surface area contributed by atoms with E-state index >= 15 is 0 Å². The highest BCUT2D eigenvalue weighted by atomic mass is 79.9. The van der Waals surface area contributed by atoms with Crippen molar-refractivity contribution in [3.63, 3.8) is 0 Å². The van der Waals surface area contributed by atoms with Gasteiger partial charge in [0.25, 0.3) is 0 Å². The predicted octanol–water partition coefficient (Wildman–Crippen LogP) is 5.73. The largest absolute Gasteiger partial charge is 0.207 e. The van der Waals surface area contributed by atoms with Crippen molar-refractivity contribution in [1.29, 1.82) is 0 Å². The molecule has 0 aromatic heterocycles. The first kappa shape index (κ1) is 15.1. The SMILES string of the molecule is CCC(c1ccccc1)C(Br)c1c(F)cc(F)cc1F. The Labute approximate surface area is 124 Å². The van der Waals surface area contributed by atoms with Gasteiger partial charge >= 0.3 is 0 Å². The predicted molar refractivity (Wildman–Crippen MR) is 77.5 cm³/mol. The summed E-state index contributed by atoms with van der Waals surface area (Å²) in [7, 11) is 0. The maximum atomic E-state index is 13.9. The van der Waals surface area contributed by atoms with Crippen LogP contribution in [0.5, 0.6) is 0 Å². The minimum absolute atomic E-state index is 0.0920. The van der Waals surface area contributed by atoms with Crippen LogP contribution in [-0.2, 0) is 0 Å². The average Bonchev–Trinajstić information content (AvgIpc) is 2.39. The monoisotopic (exact) mass is 342 g/mol. The van der Waals surface area contributed by atoms with Crippen LogP contribution < -0.4 is 0 Å². The topological polar surface area (TPSA) is 0 Å². The van der Waals surface area contributed by atoms with E-state index in [1.54, 1.807) is 0 Å². The molecule has 0 fully saturated rings. The van der Waals surface area contributed by atoms with Gasteiger partial charge in [-0.05, 0) is 12.0 Å². The van der Waals surface area contributed by atoms with Gasteiger partial charge in [0.05, 0.1) is 4.83 Å². The van der Waals surface area contributed by atoms with E-state index in [1.165, 1.54) is 0 Å². The minimum Gasteiger partial charge on any atom is -0.207 e. The van der Waals surface area contributed by atoms with Gasteiger partial charge < -0.3 is 0 Å². The highest BCUT2D eigenvalue weighted by molar-refractivity contribution is 9.09. The molecule has 0 heterocycles. The molecule has 0 aliphatic rings. The fourth-order valence-electron chi connectivity index (χ4n) is 2.33. The summed E-state index contributed by atoms with van der Waals surface area (Å²) >= 11 is 3.37. The zero-order valence-electron chi connectivity index (χ0n) is 10.9. The molecule has 0 radical (unpaired) electrons. The molecule has 0 amide bonds. The number of benzene rings is 2. The Bertz CT molecular complexity index is 561. The second-order valence-corrected chi connectivity index (χ2v) is 5.60. The Morgan fingerprint density at radius 1 is 1.00 bits per heavy atom. The summed E-state index contributed by atoms with van der Waals surface area (Å²) in [5, 5.41) is 0. The summed E-state index contributed by atoms with van der Waals surface area (Å²) in [6, 6.07) is 10.9. The molecule has 2 aromatic rings. The summed E-state index contributed by atoms with van der Waals surface area (Å²) in [4.78, 5) is -0.546. The highest BCUT2D eigenvalue weighted by Crippen LogP contribution is 2.42. The summed E-state index contributed by atoms with van der Waals surface area (Å²) in [6.07, 6.45) is 0.705. The van der Waals surface area contributed by atoms with Crippen LogP contribution in [0.4, 0.5) is 13.2 Å². The van der Waals surface area contributed by atoms with Crippen LogP contribution in [0, 0.1) is 17.5 Å². The van der Waals surface area contributed by atoms with E-state index in [4.69, 9.17) is 0 Å². The Kier molecular flexibility index (Phi) is 4.86. The van der Waals surface area contributed by atoms with Crippen LogP contribution in [0.2, 0.25) is 0 Å². The summed E-state index contributed by atoms with van der Waals surface area (Å²) in [6.45, 7) is 1.95. The molecular weight excluding hydrogens is 329 g/mol. The van der Waals surface area contributed by atoms with Gasteiger partial charge in [0.1, 0.15) is 17.5 Å². The van der Waals surface area contributed by atoms with Crippen molar-refractivity contribution in [1.82, 2.24) is 0 Å². The molecular formula is C16H14BrF3. The maximum absolute atomic E-state index is 13.9. The molecule has 0 aliphatic carbocycles. The normalized spacial score (nSPS) is 14.1. The molecule has 0 nitrogen and oxygen atoms in total. The quantitative estimate of drug-likeness (QED) is 0.622. The summed E-state index contributed by atoms with van der Waals surface area (Å²) < 4.78 is 40.7. The third kappa shape index (κ3) is 3.06. The lowest BCUT2D eigenvalue weighted by atomic mass is 9.89. The summed E-state index contributed by atoms with van der Waals surface area (Å²) in [5.41, 5.74) is 0.863. The first-order valence-corrected chi connectivity index (χ1v) is 7.29. The molecule has 0 saturated carbocycles. The van der Waals surface area contributed by atoms with Crippen molar-refractivity contribution in [3.8, 4) is 0 Å². The molecule has 0 bridgehead atoms. The highest BCUT2D eigenvalue weighted by Gasteiger charge is 2.26. The summed E-state index contributed by atoms with van der Waals surface area (Å²) in [5.74, 6) is -2.72. The van der Waals surface area contributed by atoms with Gasteiger partial charge in [-0.15, -0.1) is 0 Å². The molecule has 20 heavy (non-hydrogen) atoms. The van der Waals surface area contributed by atoms with Crippen molar-refractivity contribution in [2.24, 2.45) is 0 Å². The van der Waals surface area contributed by atoms with E-state index < -0.39 is 22.3 Å². The fourth-order valence-corrected chi connectivity index (χ4v) is 3.45. The lowest BCUT2D eigenvalue weighted by Gasteiger charge is -2.23. The van der Waals surface area contributed by atoms with Crippen LogP contribution in [0.15, 0.2) is 42.5 Å². The van der Waals surface area contributed by atoms with Gasteiger partial charge in [-0.25, -0.2) is 13.2 Å². The Hall–Kier alpha value is -1.29. The first-order valence-electron chi connectivity index (χ1n) is 6.38. The van der Waals surface area contributed by atoms with Crippen LogP contribution in [0.3, 0.4) is 0 Å². The van der Waals surface area contributed by atoms with Gasteiger partial charge in [-0.2, -0.15) is 0 Å². The zero-order valence-corrected chi connectivity index (χ0v) is 12.5. The average molecular weight is 343 g/mol. The zero-order chi connectivity index (χ0) is 14.7. The third-order valence-electron chi connectivity index (χ3n) is 3.34. The number of hydrogen-bond acceptors (Lipinski definition) is 0. The van der Waals surface area contributed by atoms with Crippen molar-refractivity contribution >= 4 is 15.9 Å². The smallest absolute Gasteiger partial charge is 0.133 e. The lowest BCUT2D eigenvalue weighted by molar-refractivity contribution is 0.507. The van der Waals surface area contributed by atoms with Crippen LogP contribution in [0.1, 0.15) is 35.2 Å².